The molecule has 4 aliphatic heterocycles. The van der Waals surface area contributed by atoms with Gasteiger partial charge in [0.1, 0.15) is 6.04 Å². The Morgan fingerprint density at radius 3 is 2.22 bits per heavy atom. The zero-order chi connectivity index (χ0) is 58.9. The van der Waals surface area contributed by atoms with E-state index in [4.69, 9.17) is 15.7 Å². The third kappa shape index (κ3) is 13.5. The zero-order valence-electron chi connectivity index (χ0n) is 46.5. The first-order chi connectivity index (χ1) is 39.2. The summed E-state index contributed by atoms with van der Waals surface area (Å²) in [6, 6.07) is 4.03. The van der Waals surface area contributed by atoms with Gasteiger partial charge in [0, 0.05) is 89.0 Å². The summed E-state index contributed by atoms with van der Waals surface area (Å²) in [5.74, 6) is -6.34. The lowest BCUT2D eigenvalue weighted by Crippen LogP contribution is -2.42. The summed E-state index contributed by atoms with van der Waals surface area (Å²) in [6.45, 7) is 14.8. The Kier molecular flexibility index (Phi) is 18.6. The molecular weight excluding hydrogens is 1050 g/mol. The van der Waals surface area contributed by atoms with Crippen LogP contribution < -0.4 is 37.9 Å². The van der Waals surface area contributed by atoms with Crippen molar-refractivity contribution in [3.8, 4) is 0 Å². The summed E-state index contributed by atoms with van der Waals surface area (Å²) in [6.07, 6.45) is 12.3. The highest BCUT2D eigenvalue weighted by Gasteiger charge is 2.45. The molecule has 0 radical (unpaired) electrons. The second-order valence-electron chi connectivity index (χ2n) is 20.9. The van der Waals surface area contributed by atoms with Crippen molar-refractivity contribution >= 4 is 88.1 Å². The third-order valence-corrected chi connectivity index (χ3v) is 15.5. The van der Waals surface area contributed by atoms with Gasteiger partial charge in [-0.05, 0) is 118 Å². The SMILES string of the molecule is C=Cc1c2[nH]c(c1C)/C=C1\N=C(C(CC(=O)O)C3N/C(=C\C4=NC(=C\2)/C(C)=C4CC)C(C)=C3C(=O)O)C(CCC(=O)NCCCCCCNC(=O)CCC(NC(=O)c2ccc(NCc3cnc4nc(N)[nH]c(=O)c4n3)cc2)C(=O)O)C1C. The number of rotatable bonds is 24. The summed E-state index contributed by atoms with van der Waals surface area (Å²) in [5.41, 5.74) is 15.7. The number of H-pyrrole nitrogens is 2. The molecule has 0 saturated carbocycles. The van der Waals surface area contributed by atoms with Crippen molar-refractivity contribution in [2.75, 3.05) is 24.1 Å². The number of aliphatic carboxylic acids is 3. The fourth-order valence-corrected chi connectivity index (χ4v) is 11.0. The molecule has 5 unspecified atom stereocenters. The van der Waals surface area contributed by atoms with E-state index in [1.807, 2.05) is 45.9 Å². The largest absolute Gasteiger partial charge is 0.481 e. The molecule has 23 heteroatoms. The highest BCUT2D eigenvalue weighted by atomic mass is 16.4. The maximum absolute atomic E-state index is 13.5. The zero-order valence-corrected chi connectivity index (χ0v) is 46.5. The van der Waals surface area contributed by atoms with Crippen molar-refractivity contribution in [3.63, 3.8) is 0 Å². The molecule has 5 atom stereocenters. The Bertz CT molecular complexity index is 3530. The van der Waals surface area contributed by atoms with Crippen molar-refractivity contribution < 1.29 is 44.1 Å². The third-order valence-electron chi connectivity index (χ3n) is 15.5. The first kappa shape index (κ1) is 58.9. The summed E-state index contributed by atoms with van der Waals surface area (Å²) in [4.78, 5) is 118. The number of aliphatic imine (C=N–C) groups is 2. The van der Waals surface area contributed by atoms with Crippen LogP contribution in [-0.2, 0) is 30.5 Å². The Balaban J connectivity index is 0.803. The summed E-state index contributed by atoms with van der Waals surface area (Å²) >= 11 is 0. The molecule has 23 nitrogen and oxygen atoms in total. The molecular formula is C59H69N13O10. The van der Waals surface area contributed by atoms with E-state index in [1.165, 1.54) is 18.3 Å². The fourth-order valence-electron chi connectivity index (χ4n) is 11.0. The summed E-state index contributed by atoms with van der Waals surface area (Å²) < 4.78 is 0. The maximum Gasteiger partial charge on any atom is 0.334 e. The molecule has 3 aromatic heterocycles. The van der Waals surface area contributed by atoms with Gasteiger partial charge in [-0.3, -0.25) is 33.9 Å². The average Bonchev–Trinajstić information content (AvgIpc) is 3.07. The minimum atomic E-state index is -1.31. The van der Waals surface area contributed by atoms with Crippen LogP contribution in [0.15, 0.2) is 97.3 Å². The summed E-state index contributed by atoms with van der Waals surface area (Å²) in [5, 5.41) is 45.8. The van der Waals surface area contributed by atoms with E-state index in [2.05, 4.69) is 58.1 Å². The number of carboxylic acid groups (broad SMARTS) is 3. The van der Waals surface area contributed by atoms with Gasteiger partial charge in [0.05, 0.1) is 47.9 Å². The quantitative estimate of drug-likeness (QED) is 0.0340. The van der Waals surface area contributed by atoms with Crippen molar-refractivity contribution in [1.29, 1.82) is 0 Å². The number of carbonyl (C=O) groups excluding carboxylic acids is 3. The van der Waals surface area contributed by atoms with Gasteiger partial charge in [-0.1, -0.05) is 39.3 Å². The highest BCUT2D eigenvalue weighted by molar-refractivity contribution is 6.13. The number of allylic oxidation sites excluding steroid dienone is 5. The second-order valence-corrected chi connectivity index (χ2v) is 20.9. The predicted octanol–water partition coefficient (Wildman–Crippen LogP) is 6.35. The second kappa shape index (κ2) is 25.9. The number of benzene rings is 1. The molecule has 82 heavy (non-hydrogen) atoms. The number of aromatic nitrogens is 5. The van der Waals surface area contributed by atoms with Crippen molar-refractivity contribution in [2.45, 2.75) is 117 Å². The van der Waals surface area contributed by atoms with Crippen LogP contribution in [0.2, 0.25) is 0 Å². The fraction of sp³-hybridized carbons (Fsp3) is 0.390. The van der Waals surface area contributed by atoms with Crippen LogP contribution in [0.5, 0.6) is 0 Å². The molecule has 430 valence electrons. The van der Waals surface area contributed by atoms with Crippen LogP contribution in [0.1, 0.15) is 130 Å². The molecule has 4 aromatic rings. The molecule has 8 bridgehead atoms. The normalized spacial score (nSPS) is 20.5. The first-order valence-corrected chi connectivity index (χ1v) is 27.5. The number of unbranched alkanes of at least 4 members (excludes halogenated alkanes) is 3. The lowest BCUT2D eigenvalue weighted by atomic mass is 9.76. The summed E-state index contributed by atoms with van der Waals surface area (Å²) in [7, 11) is 0. The lowest BCUT2D eigenvalue weighted by Gasteiger charge is -2.29. The maximum atomic E-state index is 13.5. The number of hydrogen-bond donors (Lipinski definition) is 11. The van der Waals surface area contributed by atoms with Crippen molar-refractivity contribution in [3.05, 3.63) is 127 Å². The van der Waals surface area contributed by atoms with Gasteiger partial charge in [-0.2, -0.15) is 4.98 Å². The lowest BCUT2D eigenvalue weighted by molar-refractivity contribution is -0.140. The molecule has 8 rings (SSSR count). The average molecular weight is 1120 g/mol. The highest BCUT2D eigenvalue weighted by Crippen LogP contribution is 2.43. The number of nitrogens with zero attached hydrogens (tertiary/aromatic N) is 5. The Labute approximate surface area is 472 Å². The first-order valence-electron chi connectivity index (χ1n) is 27.5. The minimum absolute atomic E-state index is 0.0391. The number of nitrogens with one attached hydrogen (secondary N) is 7. The van der Waals surface area contributed by atoms with E-state index >= 15 is 0 Å². The van der Waals surface area contributed by atoms with Crippen LogP contribution >= 0.6 is 0 Å². The topological polar surface area (TPSA) is 361 Å². The number of aromatic amines is 2. The number of nitrogen functional groups attached to an aromatic ring is 1. The molecule has 1 aromatic carbocycles. The Morgan fingerprint density at radius 2 is 1.56 bits per heavy atom. The number of nitrogens with two attached hydrogens (primary N) is 1. The Morgan fingerprint density at radius 1 is 0.854 bits per heavy atom. The smallest absolute Gasteiger partial charge is 0.334 e. The number of fused-ring (bicyclic) bond motifs is 7. The van der Waals surface area contributed by atoms with Crippen LogP contribution in [-0.4, -0.2) is 112 Å². The van der Waals surface area contributed by atoms with Crippen LogP contribution in [0.3, 0.4) is 0 Å². The van der Waals surface area contributed by atoms with Gasteiger partial charge >= 0.3 is 17.9 Å². The van der Waals surface area contributed by atoms with Gasteiger partial charge < -0.3 is 52.6 Å². The van der Waals surface area contributed by atoms with Gasteiger partial charge in [0.2, 0.25) is 17.8 Å². The molecule has 12 N–H and O–H groups in total. The van der Waals surface area contributed by atoms with Crippen LogP contribution in [0.25, 0.3) is 29.4 Å². The number of anilines is 2. The number of amides is 3. The number of carbonyl (C=O) groups is 6. The van der Waals surface area contributed by atoms with Gasteiger partial charge in [0.15, 0.2) is 11.2 Å². The molecule has 3 amide bonds. The predicted molar refractivity (Wildman–Crippen MR) is 311 cm³/mol. The minimum Gasteiger partial charge on any atom is -0.481 e. The monoisotopic (exact) mass is 1120 g/mol. The van der Waals surface area contributed by atoms with E-state index < -0.39 is 59.7 Å². The standard InChI is InChI=1S/C59H69N13O10/c1-7-36-29(3)41-24-43-31(5)38(51(68-43)39(23-49(75)76)52-50(58(81)82)32(6)44(69-52)26-46-37(8-2)30(4)42(67-46)25-45(36)66-41)17-19-47(73)61-21-11-9-10-12-22-62-48(74)20-18-40(57(79)80)70-55(77)33-13-15-34(16-14-33)63-27-35-28-64-54-53(65-35)56(78)72-59(60)71-54/h7,13-16,24-26,28,31,38-40,52,63,66,69H,1,8-12,17-23,27H2,2-6H3,(H,61,73)(H,62,74)(H,70,77)(H,75,76)(H,79,80)(H,81,82)(H3,60,64,71,72,78)/b42-25-,43-24-,44-26-. The van der Waals surface area contributed by atoms with Crippen LogP contribution in [0.4, 0.5) is 11.6 Å². The molecule has 0 fully saturated rings. The molecule has 7 heterocycles. The van der Waals surface area contributed by atoms with Crippen LogP contribution in [0, 0.1) is 24.7 Å². The van der Waals surface area contributed by atoms with Crippen molar-refractivity contribution in [2.24, 2.45) is 27.7 Å². The molecule has 0 aliphatic carbocycles. The van der Waals surface area contributed by atoms with E-state index in [0.717, 1.165) is 52.2 Å². The number of carboxylic acids is 3. The van der Waals surface area contributed by atoms with E-state index in [-0.39, 0.29) is 71.8 Å². The van der Waals surface area contributed by atoms with Gasteiger partial charge in [-0.15, -0.1) is 0 Å². The van der Waals surface area contributed by atoms with E-state index in [0.29, 0.717) is 78.5 Å². The molecule has 0 spiro atoms. The van der Waals surface area contributed by atoms with Gasteiger partial charge in [-0.25, -0.2) is 24.5 Å². The Hall–Kier alpha value is -9.28. The van der Waals surface area contributed by atoms with E-state index in [1.54, 1.807) is 25.1 Å². The van der Waals surface area contributed by atoms with Gasteiger partial charge in [0.25, 0.3) is 11.5 Å². The molecule has 0 saturated heterocycles. The van der Waals surface area contributed by atoms with E-state index in [9.17, 15) is 48.9 Å². The van der Waals surface area contributed by atoms with Crippen molar-refractivity contribution in [1.82, 2.24) is 46.2 Å². The number of hydrogen-bond acceptors (Lipinski definition) is 15. The molecule has 4 aliphatic rings.